The highest BCUT2D eigenvalue weighted by Gasteiger charge is 2.21. The van der Waals surface area contributed by atoms with Crippen molar-refractivity contribution in [2.45, 2.75) is 25.3 Å². The van der Waals surface area contributed by atoms with Crippen LogP contribution in [0.2, 0.25) is 0 Å². The Bertz CT molecular complexity index is 679. The molecule has 0 spiro atoms. The number of aryl methyl sites for hydroxylation is 2. The minimum Gasteiger partial charge on any atom is -0.493 e. The Labute approximate surface area is 136 Å². The third-order valence-electron chi connectivity index (χ3n) is 3.94. The van der Waals surface area contributed by atoms with Crippen LogP contribution in [-0.2, 0) is 13.5 Å². The molecular weight excluding hydrogens is 290 g/mol. The molecule has 0 saturated heterocycles. The number of nitrogens with zero attached hydrogens (tertiary/aromatic N) is 3. The zero-order valence-corrected chi connectivity index (χ0v) is 13.4. The molecule has 1 aliphatic rings. The first-order valence-corrected chi connectivity index (χ1v) is 7.98. The van der Waals surface area contributed by atoms with Gasteiger partial charge in [0.25, 0.3) is 0 Å². The van der Waals surface area contributed by atoms with Crippen LogP contribution in [0.5, 0.6) is 5.75 Å². The summed E-state index contributed by atoms with van der Waals surface area (Å²) in [6.07, 6.45) is 6.74. The molecule has 0 fully saturated rings. The number of ether oxygens (including phenoxy) is 1. The fourth-order valence-electron chi connectivity index (χ4n) is 2.80. The lowest BCUT2D eigenvalue weighted by Gasteiger charge is -2.26. The fraction of sp³-hybridized carbons (Fsp3) is 0.412. The standard InChI is InChI=1S/C17H23N5O/c1-22-12-13(11-20-22)5-4-9-19-17(18)21-15-8-10-23-16-7-3-2-6-14(15)16/h2-3,6-7,11-12,15H,4-5,8-10H2,1H3,(H3,18,19,21). The Morgan fingerprint density at radius 3 is 3.17 bits per heavy atom. The van der Waals surface area contributed by atoms with Crippen molar-refractivity contribution in [2.24, 2.45) is 17.8 Å². The molecule has 2 heterocycles. The van der Waals surface area contributed by atoms with Crippen LogP contribution < -0.4 is 15.8 Å². The summed E-state index contributed by atoms with van der Waals surface area (Å²) in [5.41, 5.74) is 8.40. The van der Waals surface area contributed by atoms with E-state index in [1.54, 1.807) is 0 Å². The second kappa shape index (κ2) is 7.17. The molecule has 2 aromatic rings. The van der Waals surface area contributed by atoms with Gasteiger partial charge in [0.1, 0.15) is 5.75 Å². The van der Waals surface area contributed by atoms with Crippen LogP contribution >= 0.6 is 0 Å². The highest BCUT2D eigenvalue weighted by molar-refractivity contribution is 5.78. The largest absolute Gasteiger partial charge is 0.493 e. The van der Waals surface area contributed by atoms with Crippen molar-refractivity contribution in [1.29, 1.82) is 0 Å². The first-order chi connectivity index (χ1) is 11.2. The van der Waals surface area contributed by atoms with Gasteiger partial charge in [-0.15, -0.1) is 0 Å². The molecule has 3 rings (SSSR count). The third-order valence-corrected chi connectivity index (χ3v) is 3.94. The van der Waals surface area contributed by atoms with Crippen molar-refractivity contribution >= 4 is 5.96 Å². The predicted molar refractivity (Wildman–Crippen MR) is 90.4 cm³/mol. The van der Waals surface area contributed by atoms with Crippen LogP contribution in [0.3, 0.4) is 0 Å². The van der Waals surface area contributed by atoms with Crippen molar-refractivity contribution in [3.8, 4) is 5.75 Å². The molecule has 3 N–H and O–H groups in total. The highest BCUT2D eigenvalue weighted by Crippen LogP contribution is 2.31. The van der Waals surface area contributed by atoms with Crippen LogP contribution in [0.25, 0.3) is 0 Å². The second-order valence-corrected chi connectivity index (χ2v) is 5.76. The molecule has 1 atom stereocenters. The summed E-state index contributed by atoms with van der Waals surface area (Å²) < 4.78 is 7.47. The number of fused-ring (bicyclic) bond motifs is 1. The molecule has 0 amide bonds. The first kappa shape index (κ1) is 15.4. The lowest BCUT2D eigenvalue weighted by Crippen LogP contribution is -2.37. The third kappa shape index (κ3) is 4.03. The van der Waals surface area contributed by atoms with E-state index in [2.05, 4.69) is 21.5 Å². The van der Waals surface area contributed by atoms with Gasteiger partial charge < -0.3 is 15.8 Å². The van der Waals surface area contributed by atoms with Gasteiger partial charge >= 0.3 is 0 Å². The van der Waals surface area contributed by atoms with Crippen LogP contribution in [-0.4, -0.2) is 28.9 Å². The molecule has 0 saturated carbocycles. The molecule has 6 nitrogen and oxygen atoms in total. The van der Waals surface area contributed by atoms with Crippen LogP contribution in [0.15, 0.2) is 41.7 Å². The van der Waals surface area contributed by atoms with E-state index in [1.165, 1.54) is 5.56 Å². The Balaban J connectivity index is 1.50. The molecule has 0 bridgehead atoms. The van der Waals surface area contributed by atoms with Crippen molar-refractivity contribution in [2.75, 3.05) is 13.2 Å². The van der Waals surface area contributed by atoms with E-state index >= 15 is 0 Å². The maximum Gasteiger partial charge on any atom is 0.189 e. The number of benzene rings is 1. The van der Waals surface area contributed by atoms with Gasteiger partial charge in [0, 0.05) is 31.8 Å². The molecule has 1 aromatic heterocycles. The summed E-state index contributed by atoms with van der Waals surface area (Å²) in [6, 6.07) is 8.23. The van der Waals surface area contributed by atoms with E-state index in [0.29, 0.717) is 19.1 Å². The van der Waals surface area contributed by atoms with E-state index in [-0.39, 0.29) is 6.04 Å². The van der Waals surface area contributed by atoms with Gasteiger partial charge in [-0.2, -0.15) is 5.10 Å². The normalized spacial score (nSPS) is 17.4. The van der Waals surface area contributed by atoms with Crippen LogP contribution in [0.1, 0.15) is 30.0 Å². The zero-order valence-electron chi connectivity index (χ0n) is 13.4. The average Bonchev–Trinajstić information content (AvgIpc) is 2.97. The molecule has 122 valence electrons. The van der Waals surface area contributed by atoms with E-state index in [0.717, 1.165) is 30.6 Å². The number of para-hydroxylation sites is 1. The minimum absolute atomic E-state index is 0.169. The Morgan fingerprint density at radius 1 is 1.48 bits per heavy atom. The molecule has 23 heavy (non-hydrogen) atoms. The topological polar surface area (TPSA) is 77.5 Å². The van der Waals surface area contributed by atoms with E-state index in [4.69, 9.17) is 10.5 Å². The quantitative estimate of drug-likeness (QED) is 0.501. The monoisotopic (exact) mass is 313 g/mol. The van der Waals surface area contributed by atoms with Gasteiger partial charge in [0.05, 0.1) is 18.8 Å². The zero-order chi connectivity index (χ0) is 16.1. The van der Waals surface area contributed by atoms with Crippen LogP contribution in [0.4, 0.5) is 0 Å². The SMILES string of the molecule is Cn1cc(CCCN=C(N)NC2CCOc3ccccc32)cn1. The Kier molecular flexibility index (Phi) is 4.80. The molecule has 1 aliphatic heterocycles. The molecular formula is C17H23N5O. The highest BCUT2D eigenvalue weighted by atomic mass is 16.5. The summed E-state index contributed by atoms with van der Waals surface area (Å²) in [5.74, 6) is 1.43. The van der Waals surface area contributed by atoms with Gasteiger partial charge in [-0.25, -0.2) is 0 Å². The summed E-state index contributed by atoms with van der Waals surface area (Å²) in [5, 5.41) is 7.47. The number of hydrogen-bond acceptors (Lipinski definition) is 3. The molecule has 6 heteroatoms. The lowest BCUT2D eigenvalue weighted by molar-refractivity contribution is 0.262. The van der Waals surface area contributed by atoms with Gasteiger partial charge in [-0.1, -0.05) is 18.2 Å². The predicted octanol–water partition coefficient (Wildman–Crippen LogP) is 1.78. The molecule has 0 radical (unpaired) electrons. The number of rotatable bonds is 5. The summed E-state index contributed by atoms with van der Waals surface area (Å²) in [6.45, 7) is 1.40. The number of hydrogen-bond donors (Lipinski definition) is 2. The van der Waals surface area contributed by atoms with Gasteiger partial charge in [-0.05, 0) is 24.5 Å². The number of nitrogens with one attached hydrogen (secondary N) is 1. The van der Waals surface area contributed by atoms with Crippen LogP contribution in [0, 0.1) is 0 Å². The van der Waals surface area contributed by atoms with Gasteiger partial charge in [0.15, 0.2) is 5.96 Å². The second-order valence-electron chi connectivity index (χ2n) is 5.76. The number of nitrogens with two attached hydrogens (primary N) is 1. The average molecular weight is 313 g/mol. The van der Waals surface area contributed by atoms with Gasteiger partial charge in [0.2, 0.25) is 0 Å². The minimum atomic E-state index is 0.169. The molecule has 1 unspecified atom stereocenters. The number of aliphatic imine (C=N–C) groups is 1. The fourth-order valence-corrected chi connectivity index (χ4v) is 2.80. The van der Waals surface area contributed by atoms with E-state index in [1.807, 2.05) is 42.3 Å². The van der Waals surface area contributed by atoms with Crippen molar-refractivity contribution in [3.63, 3.8) is 0 Å². The Hall–Kier alpha value is -2.50. The van der Waals surface area contributed by atoms with Crippen molar-refractivity contribution in [1.82, 2.24) is 15.1 Å². The van der Waals surface area contributed by atoms with Crippen molar-refractivity contribution in [3.05, 3.63) is 47.8 Å². The summed E-state index contributed by atoms with van der Waals surface area (Å²) in [4.78, 5) is 4.43. The first-order valence-electron chi connectivity index (χ1n) is 7.98. The van der Waals surface area contributed by atoms with Gasteiger partial charge in [-0.3, -0.25) is 9.67 Å². The number of guanidine groups is 1. The summed E-state index contributed by atoms with van der Waals surface area (Å²) in [7, 11) is 1.93. The Morgan fingerprint density at radius 2 is 2.35 bits per heavy atom. The van der Waals surface area contributed by atoms with E-state index < -0.39 is 0 Å². The molecule has 0 aliphatic carbocycles. The maximum atomic E-state index is 6.03. The molecule has 1 aromatic carbocycles. The maximum absolute atomic E-state index is 6.03. The van der Waals surface area contributed by atoms with Crippen molar-refractivity contribution < 1.29 is 4.74 Å². The smallest absolute Gasteiger partial charge is 0.189 e. The summed E-state index contributed by atoms with van der Waals surface area (Å²) >= 11 is 0. The number of aromatic nitrogens is 2. The van der Waals surface area contributed by atoms with E-state index in [9.17, 15) is 0 Å². The lowest BCUT2D eigenvalue weighted by atomic mass is 10.0.